The van der Waals surface area contributed by atoms with Crippen molar-refractivity contribution in [3.63, 3.8) is 0 Å². The van der Waals surface area contributed by atoms with E-state index in [2.05, 4.69) is 5.32 Å². The number of hydrogen-bond donors (Lipinski definition) is 2. The molecular formula is C12H24N2O4S. The second-order valence-electron chi connectivity index (χ2n) is 5.18. The van der Waals surface area contributed by atoms with Crippen molar-refractivity contribution >= 4 is 15.7 Å². The predicted octanol–water partition coefficient (Wildman–Crippen LogP) is -0.176. The standard InChI is InChI=1S/C12H24N2O4S/c1-19(16,17)9-12(15)14-7-2-8-18-11-5-3-10(13)4-6-11/h10-11H,2-9,13H2,1H3,(H,14,15). The molecule has 3 N–H and O–H groups in total. The van der Waals surface area contributed by atoms with Crippen LogP contribution in [0.5, 0.6) is 0 Å². The molecule has 0 heterocycles. The van der Waals surface area contributed by atoms with Gasteiger partial charge in [-0.3, -0.25) is 4.79 Å². The fraction of sp³-hybridized carbons (Fsp3) is 0.917. The van der Waals surface area contributed by atoms with Crippen molar-refractivity contribution in [2.24, 2.45) is 5.73 Å². The summed E-state index contributed by atoms with van der Waals surface area (Å²) < 4.78 is 27.4. The summed E-state index contributed by atoms with van der Waals surface area (Å²) in [6.45, 7) is 1.03. The topological polar surface area (TPSA) is 98.5 Å². The van der Waals surface area contributed by atoms with Gasteiger partial charge in [0.1, 0.15) is 5.75 Å². The number of rotatable bonds is 7. The molecule has 1 aliphatic rings. The fourth-order valence-corrected chi connectivity index (χ4v) is 2.67. The van der Waals surface area contributed by atoms with Crippen LogP contribution < -0.4 is 11.1 Å². The average molecular weight is 292 g/mol. The van der Waals surface area contributed by atoms with Crippen LogP contribution in [0.25, 0.3) is 0 Å². The lowest BCUT2D eigenvalue weighted by Crippen LogP contribution is -2.32. The average Bonchev–Trinajstić information content (AvgIpc) is 2.29. The van der Waals surface area contributed by atoms with Crippen molar-refractivity contribution in [1.29, 1.82) is 0 Å². The number of sulfone groups is 1. The molecule has 0 atom stereocenters. The van der Waals surface area contributed by atoms with Gasteiger partial charge in [-0.05, 0) is 32.1 Å². The third-order valence-electron chi connectivity index (χ3n) is 3.11. The monoisotopic (exact) mass is 292 g/mol. The third-order valence-corrected chi connectivity index (χ3v) is 3.90. The minimum absolute atomic E-state index is 0.284. The largest absolute Gasteiger partial charge is 0.378 e. The lowest BCUT2D eigenvalue weighted by molar-refractivity contribution is -0.118. The number of hydrogen-bond acceptors (Lipinski definition) is 5. The normalized spacial score (nSPS) is 24.1. The summed E-state index contributed by atoms with van der Waals surface area (Å²) in [5, 5.41) is 2.57. The van der Waals surface area contributed by atoms with Crippen molar-refractivity contribution in [1.82, 2.24) is 5.32 Å². The highest BCUT2D eigenvalue weighted by atomic mass is 32.2. The first kappa shape index (κ1) is 16.4. The summed E-state index contributed by atoms with van der Waals surface area (Å²) >= 11 is 0. The molecule has 0 radical (unpaired) electrons. The number of ether oxygens (including phenoxy) is 1. The van der Waals surface area contributed by atoms with E-state index in [-0.39, 0.29) is 6.10 Å². The molecule has 0 saturated heterocycles. The van der Waals surface area contributed by atoms with Crippen LogP contribution in [0.15, 0.2) is 0 Å². The van der Waals surface area contributed by atoms with Crippen LogP contribution >= 0.6 is 0 Å². The summed E-state index contributed by atoms with van der Waals surface area (Å²) in [6, 6.07) is 0.315. The molecule has 1 aliphatic carbocycles. The Balaban J connectivity index is 2.01. The van der Waals surface area contributed by atoms with E-state index in [1.54, 1.807) is 0 Å². The van der Waals surface area contributed by atoms with E-state index in [1.165, 1.54) is 0 Å². The summed E-state index contributed by atoms with van der Waals surface area (Å²) in [5.74, 6) is -0.903. The van der Waals surface area contributed by atoms with Gasteiger partial charge in [-0.25, -0.2) is 8.42 Å². The third kappa shape index (κ3) is 8.18. The highest BCUT2D eigenvalue weighted by Crippen LogP contribution is 2.19. The fourth-order valence-electron chi connectivity index (χ4n) is 2.09. The summed E-state index contributed by atoms with van der Waals surface area (Å²) in [6.07, 6.45) is 6.04. The number of carbonyl (C=O) groups is 1. The van der Waals surface area contributed by atoms with E-state index in [1.807, 2.05) is 0 Å². The quantitative estimate of drug-likeness (QED) is 0.634. The van der Waals surface area contributed by atoms with Crippen molar-refractivity contribution in [3.8, 4) is 0 Å². The van der Waals surface area contributed by atoms with Crippen LogP contribution in [0.3, 0.4) is 0 Å². The van der Waals surface area contributed by atoms with E-state index in [0.29, 0.717) is 25.6 Å². The van der Waals surface area contributed by atoms with Gasteiger partial charge in [0.15, 0.2) is 9.84 Å². The maximum absolute atomic E-state index is 11.2. The Bertz CT molecular complexity index is 375. The van der Waals surface area contributed by atoms with Crippen LogP contribution in [-0.2, 0) is 19.4 Å². The van der Waals surface area contributed by atoms with E-state index in [9.17, 15) is 13.2 Å². The van der Waals surface area contributed by atoms with Gasteiger partial charge in [0.25, 0.3) is 0 Å². The minimum atomic E-state index is -3.24. The molecule has 0 aromatic heterocycles. The van der Waals surface area contributed by atoms with Crippen molar-refractivity contribution in [2.75, 3.05) is 25.2 Å². The first-order valence-corrected chi connectivity index (χ1v) is 8.74. The molecule has 0 aliphatic heterocycles. The minimum Gasteiger partial charge on any atom is -0.378 e. The molecule has 6 nitrogen and oxygen atoms in total. The molecule has 0 spiro atoms. The highest BCUT2D eigenvalue weighted by molar-refractivity contribution is 7.91. The van der Waals surface area contributed by atoms with Crippen LogP contribution in [0.1, 0.15) is 32.1 Å². The van der Waals surface area contributed by atoms with E-state index in [4.69, 9.17) is 10.5 Å². The van der Waals surface area contributed by atoms with E-state index >= 15 is 0 Å². The molecule has 1 rings (SSSR count). The number of nitrogens with two attached hydrogens (primary N) is 1. The molecule has 1 fully saturated rings. The predicted molar refractivity (Wildman–Crippen MR) is 73.5 cm³/mol. The molecule has 0 unspecified atom stereocenters. The maximum Gasteiger partial charge on any atom is 0.235 e. The van der Waals surface area contributed by atoms with Crippen LogP contribution in [0.4, 0.5) is 0 Å². The van der Waals surface area contributed by atoms with Crippen LogP contribution in [-0.4, -0.2) is 51.6 Å². The second kappa shape index (κ2) is 7.81. The van der Waals surface area contributed by atoms with Gasteiger partial charge in [-0.2, -0.15) is 0 Å². The number of carbonyl (C=O) groups excluding carboxylic acids is 1. The van der Waals surface area contributed by atoms with Gasteiger partial charge >= 0.3 is 0 Å². The van der Waals surface area contributed by atoms with Gasteiger partial charge in [-0.1, -0.05) is 0 Å². The Morgan fingerprint density at radius 3 is 2.53 bits per heavy atom. The Morgan fingerprint density at radius 2 is 1.95 bits per heavy atom. The Labute approximate surface area is 115 Å². The molecule has 1 saturated carbocycles. The zero-order valence-corrected chi connectivity index (χ0v) is 12.2. The maximum atomic E-state index is 11.2. The lowest BCUT2D eigenvalue weighted by Gasteiger charge is -2.26. The second-order valence-corrected chi connectivity index (χ2v) is 7.32. The van der Waals surface area contributed by atoms with Crippen molar-refractivity contribution in [2.45, 2.75) is 44.2 Å². The highest BCUT2D eigenvalue weighted by Gasteiger charge is 2.18. The van der Waals surface area contributed by atoms with Crippen LogP contribution in [0.2, 0.25) is 0 Å². The van der Waals surface area contributed by atoms with Gasteiger partial charge in [-0.15, -0.1) is 0 Å². The lowest BCUT2D eigenvalue weighted by atomic mass is 9.94. The molecular weight excluding hydrogens is 268 g/mol. The molecule has 0 bridgehead atoms. The first-order valence-electron chi connectivity index (χ1n) is 6.68. The van der Waals surface area contributed by atoms with Gasteiger partial charge in [0.2, 0.25) is 5.91 Å². The number of nitrogens with one attached hydrogen (secondary N) is 1. The first-order chi connectivity index (χ1) is 8.87. The number of amides is 1. The molecule has 1 amide bonds. The van der Waals surface area contributed by atoms with Gasteiger partial charge in [0.05, 0.1) is 6.10 Å². The molecule has 19 heavy (non-hydrogen) atoms. The van der Waals surface area contributed by atoms with Crippen molar-refractivity contribution in [3.05, 3.63) is 0 Å². The van der Waals surface area contributed by atoms with E-state index < -0.39 is 21.5 Å². The Morgan fingerprint density at radius 1 is 1.32 bits per heavy atom. The summed E-state index contributed by atoms with van der Waals surface area (Å²) in [5.41, 5.74) is 5.80. The smallest absolute Gasteiger partial charge is 0.235 e. The van der Waals surface area contributed by atoms with Crippen molar-refractivity contribution < 1.29 is 17.9 Å². The van der Waals surface area contributed by atoms with Crippen LogP contribution in [0, 0.1) is 0 Å². The molecule has 112 valence electrons. The summed E-state index contributed by atoms with van der Waals surface area (Å²) in [7, 11) is -3.24. The Kier molecular flexibility index (Phi) is 6.74. The molecule has 0 aromatic rings. The Hall–Kier alpha value is -0.660. The van der Waals surface area contributed by atoms with Gasteiger partial charge in [0, 0.05) is 25.4 Å². The SMILES string of the molecule is CS(=O)(=O)CC(=O)NCCCOC1CCC(N)CC1. The van der Waals surface area contributed by atoms with Gasteiger partial charge < -0.3 is 15.8 Å². The summed E-state index contributed by atoms with van der Waals surface area (Å²) in [4.78, 5) is 11.2. The molecule has 0 aromatic carbocycles. The molecule has 7 heteroatoms. The zero-order chi connectivity index (χ0) is 14.3. The zero-order valence-electron chi connectivity index (χ0n) is 11.4. The van der Waals surface area contributed by atoms with E-state index in [0.717, 1.165) is 31.9 Å².